The predicted molar refractivity (Wildman–Crippen MR) is 65.4 cm³/mol. The number of aliphatic hydroxyl groups is 2. The second-order valence-electron chi connectivity index (χ2n) is 4.14. The van der Waals surface area contributed by atoms with Crippen molar-refractivity contribution in [3.63, 3.8) is 0 Å². The second-order valence-corrected chi connectivity index (χ2v) is 4.14. The highest BCUT2D eigenvalue weighted by Crippen LogP contribution is 2.20. The van der Waals surface area contributed by atoms with Crippen molar-refractivity contribution in [2.45, 2.75) is 25.6 Å². The molecule has 0 aromatic carbocycles. The number of carbonyl (C=O) groups is 1. The van der Waals surface area contributed by atoms with Gasteiger partial charge in [0.2, 0.25) is 0 Å². The van der Waals surface area contributed by atoms with E-state index in [1.54, 1.807) is 14.0 Å². The zero-order chi connectivity index (χ0) is 13.7. The van der Waals surface area contributed by atoms with E-state index in [-0.39, 0.29) is 5.69 Å². The third-order valence-corrected chi connectivity index (χ3v) is 2.70. The number of aliphatic hydroxyl groups excluding tert-OH is 2. The van der Waals surface area contributed by atoms with Crippen LogP contribution in [0.2, 0.25) is 0 Å². The van der Waals surface area contributed by atoms with Crippen molar-refractivity contribution < 1.29 is 20.1 Å². The van der Waals surface area contributed by atoms with Crippen LogP contribution < -0.4 is 5.32 Å². The largest absolute Gasteiger partial charge is 0.477 e. The molecule has 100 valence electrons. The number of nitrogens with one attached hydrogen (secondary N) is 1. The van der Waals surface area contributed by atoms with Gasteiger partial charge >= 0.3 is 5.97 Å². The summed E-state index contributed by atoms with van der Waals surface area (Å²) in [6.07, 6.45) is -0.289. The third kappa shape index (κ3) is 3.49. The van der Waals surface area contributed by atoms with E-state index in [9.17, 15) is 15.0 Å². The summed E-state index contributed by atoms with van der Waals surface area (Å²) in [5.74, 6) is -1.11. The number of carboxylic acids is 1. The van der Waals surface area contributed by atoms with Gasteiger partial charge in [-0.05, 0) is 38.6 Å². The number of hydrogen-bond acceptors (Lipinski definition) is 5. The molecule has 2 unspecified atom stereocenters. The first-order chi connectivity index (χ1) is 8.47. The van der Waals surface area contributed by atoms with E-state index in [1.165, 1.54) is 12.3 Å². The Bertz CT molecular complexity index is 423. The Morgan fingerprint density at radius 2 is 2.17 bits per heavy atom. The molecule has 0 radical (unpaired) electrons. The maximum absolute atomic E-state index is 10.8. The zero-order valence-electron chi connectivity index (χ0n) is 10.4. The SMILES string of the molecule is CNCCC(O)C(O)c1cnc(C(=O)O)c(C)c1. The van der Waals surface area contributed by atoms with E-state index in [0.717, 1.165) is 0 Å². The van der Waals surface area contributed by atoms with Crippen LogP contribution in [0.3, 0.4) is 0 Å². The first kappa shape index (κ1) is 14.6. The molecule has 4 N–H and O–H groups in total. The normalized spacial score (nSPS) is 14.2. The van der Waals surface area contributed by atoms with Gasteiger partial charge in [-0.2, -0.15) is 0 Å². The maximum Gasteiger partial charge on any atom is 0.354 e. The second kappa shape index (κ2) is 6.44. The zero-order valence-corrected chi connectivity index (χ0v) is 10.4. The van der Waals surface area contributed by atoms with Gasteiger partial charge in [-0.1, -0.05) is 0 Å². The van der Waals surface area contributed by atoms with Gasteiger partial charge in [0.15, 0.2) is 5.69 Å². The number of carboxylic acid groups (broad SMARTS) is 1. The molecular weight excluding hydrogens is 236 g/mol. The van der Waals surface area contributed by atoms with Gasteiger partial charge in [0.05, 0.1) is 6.10 Å². The summed E-state index contributed by atoms with van der Waals surface area (Å²) >= 11 is 0. The minimum Gasteiger partial charge on any atom is -0.477 e. The van der Waals surface area contributed by atoms with Gasteiger partial charge in [0.25, 0.3) is 0 Å². The molecule has 6 heteroatoms. The summed E-state index contributed by atoms with van der Waals surface area (Å²) in [6.45, 7) is 2.19. The fourth-order valence-electron chi connectivity index (χ4n) is 1.65. The summed E-state index contributed by atoms with van der Waals surface area (Å²) in [5.41, 5.74) is 0.830. The fourth-order valence-corrected chi connectivity index (χ4v) is 1.65. The van der Waals surface area contributed by atoms with Crippen molar-refractivity contribution in [2.24, 2.45) is 0 Å². The molecule has 0 aliphatic rings. The van der Waals surface area contributed by atoms with Crippen LogP contribution in [-0.2, 0) is 0 Å². The predicted octanol–water partition coefficient (Wildman–Crippen LogP) is 0.0920. The number of aryl methyl sites for hydroxylation is 1. The smallest absolute Gasteiger partial charge is 0.354 e. The van der Waals surface area contributed by atoms with E-state index in [2.05, 4.69) is 10.3 Å². The molecule has 1 aromatic heterocycles. The highest BCUT2D eigenvalue weighted by molar-refractivity contribution is 5.86. The Hall–Kier alpha value is -1.50. The Labute approximate surface area is 105 Å². The quantitative estimate of drug-likeness (QED) is 0.574. The van der Waals surface area contributed by atoms with Crippen LogP contribution in [0.25, 0.3) is 0 Å². The summed E-state index contributed by atoms with van der Waals surface area (Å²) in [6, 6.07) is 1.53. The van der Waals surface area contributed by atoms with Gasteiger partial charge in [-0.15, -0.1) is 0 Å². The lowest BCUT2D eigenvalue weighted by Crippen LogP contribution is -2.23. The molecule has 1 heterocycles. The van der Waals surface area contributed by atoms with Crippen LogP contribution in [0.1, 0.15) is 34.1 Å². The van der Waals surface area contributed by atoms with Crippen LogP contribution in [0, 0.1) is 6.92 Å². The summed E-state index contributed by atoms with van der Waals surface area (Å²) in [4.78, 5) is 14.6. The van der Waals surface area contributed by atoms with Crippen molar-refractivity contribution in [3.05, 3.63) is 29.1 Å². The maximum atomic E-state index is 10.8. The van der Waals surface area contributed by atoms with E-state index >= 15 is 0 Å². The van der Waals surface area contributed by atoms with Gasteiger partial charge in [0, 0.05) is 11.8 Å². The Morgan fingerprint density at radius 1 is 1.50 bits per heavy atom. The molecule has 0 fully saturated rings. The number of hydrogen-bond donors (Lipinski definition) is 4. The average molecular weight is 254 g/mol. The number of rotatable bonds is 6. The summed E-state index contributed by atoms with van der Waals surface area (Å²) < 4.78 is 0. The Kier molecular flexibility index (Phi) is 5.21. The molecule has 0 saturated carbocycles. The van der Waals surface area contributed by atoms with E-state index in [4.69, 9.17) is 5.11 Å². The number of aromatic carboxylic acids is 1. The fraction of sp³-hybridized carbons (Fsp3) is 0.500. The highest BCUT2D eigenvalue weighted by Gasteiger charge is 2.20. The van der Waals surface area contributed by atoms with Crippen molar-refractivity contribution in [1.29, 1.82) is 0 Å². The van der Waals surface area contributed by atoms with Crippen LogP contribution in [0.15, 0.2) is 12.3 Å². The molecule has 1 aromatic rings. The van der Waals surface area contributed by atoms with Crippen LogP contribution in [-0.4, -0.2) is 46.0 Å². The highest BCUT2D eigenvalue weighted by atomic mass is 16.4. The molecule has 0 aliphatic heterocycles. The van der Waals surface area contributed by atoms with Crippen molar-refractivity contribution in [2.75, 3.05) is 13.6 Å². The van der Waals surface area contributed by atoms with Gasteiger partial charge in [-0.25, -0.2) is 9.78 Å². The van der Waals surface area contributed by atoms with Crippen LogP contribution >= 0.6 is 0 Å². The van der Waals surface area contributed by atoms with Crippen LogP contribution in [0.5, 0.6) is 0 Å². The summed E-state index contributed by atoms with van der Waals surface area (Å²) in [7, 11) is 1.76. The first-order valence-corrected chi connectivity index (χ1v) is 5.68. The topological polar surface area (TPSA) is 103 Å². The molecule has 18 heavy (non-hydrogen) atoms. The van der Waals surface area contributed by atoms with E-state index < -0.39 is 18.2 Å². The molecule has 0 saturated heterocycles. The third-order valence-electron chi connectivity index (χ3n) is 2.70. The number of aromatic nitrogens is 1. The molecule has 0 bridgehead atoms. The Morgan fingerprint density at radius 3 is 2.67 bits per heavy atom. The minimum atomic E-state index is -1.11. The van der Waals surface area contributed by atoms with E-state index in [0.29, 0.717) is 24.1 Å². The van der Waals surface area contributed by atoms with Crippen LogP contribution in [0.4, 0.5) is 0 Å². The van der Waals surface area contributed by atoms with Crippen molar-refractivity contribution in [1.82, 2.24) is 10.3 Å². The lowest BCUT2D eigenvalue weighted by Gasteiger charge is -2.18. The molecule has 1 rings (SSSR count). The Balaban J connectivity index is 2.83. The molecular formula is C12H18N2O4. The molecule has 0 spiro atoms. The lowest BCUT2D eigenvalue weighted by molar-refractivity contribution is 0.0138. The standard InChI is InChI=1S/C12H18N2O4/c1-7-5-8(6-14-10(7)12(17)18)11(16)9(15)3-4-13-2/h5-6,9,11,13,15-16H,3-4H2,1-2H3,(H,17,18). The van der Waals surface area contributed by atoms with Crippen molar-refractivity contribution >= 4 is 5.97 Å². The van der Waals surface area contributed by atoms with Gasteiger partial charge < -0.3 is 20.6 Å². The number of nitrogens with zero attached hydrogens (tertiary/aromatic N) is 1. The van der Waals surface area contributed by atoms with Crippen molar-refractivity contribution in [3.8, 4) is 0 Å². The lowest BCUT2D eigenvalue weighted by atomic mass is 10.0. The minimum absolute atomic E-state index is 0.0457. The number of pyridine rings is 1. The average Bonchev–Trinajstić information content (AvgIpc) is 2.34. The van der Waals surface area contributed by atoms with E-state index in [1.807, 2.05) is 0 Å². The molecule has 0 aliphatic carbocycles. The van der Waals surface area contributed by atoms with Gasteiger partial charge in [-0.3, -0.25) is 0 Å². The molecule has 2 atom stereocenters. The molecule has 6 nitrogen and oxygen atoms in total. The van der Waals surface area contributed by atoms with Gasteiger partial charge in [0.1, 0.15) is 6.10 Å². The first-order valence-electron chi connectivity index (χ1n) is 5.68. The molecule has 0 amide bonds. The monoisotopic (exact) mass is 254 g/mol. The summed E-state index contributed by atoms with van der Waals surface area (Å²) in [5, 5.41) is 31.4.